The van der Waals surface area contributed by atoms with Gasteiger partial charge in [0.2, 0.25) is 5.91 Å². The Balaban J connectivity index is 1.61. The van der Waals surface area contributed by atoms with Crippen molar-refractivity contribution in [3.63, 3.8) is 0 Å². The second-order valence-corrected chi connectivity index (χ2v) is 5.60. The molecule has 1 aromatic rings. The highest BCUT2D eigenvalue weighted by atomic mass is 16.1. The zero-order chi connectivity index (χ0) is 14.2. The minimum atomic E-state index is 0.135. The first-order chi connectivity index (χ1) is 9.78. The Kier molecular flexibility index (Phi) is 6.06. The molecule has 0 aliphatic carbocycles. The van der Waals surface area contributed by atoms with Gasteiger partial charge in [-0.3, -0.25) is 4.79 Å². The van der Waals surface area contributed by atoms with Gasteiger partial charge in [-0.25, -0.2) is 0 Å². The van der Waals surface area contributed by atoms with Crippen LogP contribution in [0.25, 0.3) is 0 Å². The van der Waals surface area contributed by atoms with E-state index in [1.54, 1.807) is 0 Å². The molecule has 110 valence electrons. The second-order valence-electron chi connectivity index (χ2n) is 5.60. The predicted molar refractivity (Wildman–Crippen MR) is 82.8 cm³/mol. The maximum absolute atomic E-state index is 11.8. The van der Waals surface area contributed by atoms with E-state index >= 15 is 0 Å². The molecule has 1 aromatic carbocycles. The van der Waals surface area contributed by atoms with Crippen LogP contribution < -0.4 is 5.32 Å². The van der Waals surface area contributed by atoms with Crippen molar-refractivity contribution in [1.29, 1.82) is 0 Å². The van der Waals surface area contributed by atoms with Gasteiger partial charge < -0.3 is 10.2 Å². The molecule has 0 saturated carbocycles. The van der Waals surface area contributed by atoms with Crippen LogP contribution in [0.15, 0.2) is 24.3 Å². The minimum absolute atomic E-state index is 0.135. The number of nitrogens with zero attached hydrogens (tertiary/aromatic N) is 1. The molecular formula is C17H26N2O. The molecule has 20 heavy (non-hydrogen) atoms. The average Bonchev–Trinajstić information content (AvgIpc) is 2.98. The Morgan fingerprint density at radius 3 is 2.45 bits per heavy atom. The maximum atomic E-state index is 11.8. The third-order valence-corrected chi connectivity index (χ3v) is 3.97. The van der Waals surface area contributed by atoms with Crippen LogP contribution in [-0.4, -0.2) is 37.0 Å². The van der Waals surface area contributed by atoms with Crippen molar-refractivity contribution in [2.75, 3.05) is 26.2 Å². The molecule has 3 heteroatoms. The van der Waals surface area contributed by atoms with Crippen molar-refractivity contribution in [2.45, 2.75) is 39.0 Å². The standard InChI is InChI=1S/C17H26N2O/c1-2-15-6-8-16(9-7-15)14-17(20)18-10-5-13-19-11-3-4-12-19/h6-9H,2-5,10-14H2,1H3,(H,18,20). The first kappa shape index (κ1) is 15.0. The molecule has 0 aromatic heterocycles. The molecule has 0 bridgehead atoms. The molecule has 2 rings (SSSR count). The van der Waals surface area contributed by atoms with E-state index in [1.165, 1.54) is 31.5 Å². The molecule has 1 aliphatic heterocycles. The van der Waals surface area contributed by atoms with Gasteiger partial charge >= 0.3 is 0 Å². The fraction of sp³-hybridized carbons (Fsp3) is 0.588. The highest BCUT2D eigenvalue weighted by Gasteiger charge is 2.10. The summed E-state index contributed by atoms with van der Waals surface area (Å²) < 4.78 is 0. The summed E-state index contributed by atoms with van der Waals surface area (Å²) in [5.74, 6) is 0.135. The van der Waals surface area contributed by atoms with E-state index in [0.29, 0.717) is 6.42 Å². The number of benzene rings is 1. The number of hydrogen-bond acceptors (Lipinski definition) is 2. The SMILES string of the molecule is CCc1ccc(CC(=O)NCCCN2CCCC2)cc1. The van der Waals surface area contributed by atoms with E-state index in [-0.39, 0.29) is 5.91 Å². The third kappa shape index (κ3) is 4.97. The number of hydrogen-bond donors (Lipinski definition) is 1. The van der Waals surface area contributed by atoms with Gasteiger partial charge in [0.05, 0.1) is 6.42 Å². The zero-order valence-electron chi connectivity index (χ0n) is 12.5. The van der Waals surface area contributed by atoms with Gasteiger partial charge in [0.25, 0.3) is 0 Å². The lowest BCUT2D eigenvalue weighted by Gasteiger charge is -2.14. The van der Waals surface area contributed by atoms with E-state index in [0.717, 1.165) is 31.5 Å². The van der Waals surface area contributed by atoms with Crippen LogP contribution in [0.2, 0.25) is 0 Å². The van der Waals surface area contributed by atoms with Crippen molar-refractivity contribution in [2.24, 2.45) is 0 Å². The summed E-state index contributed by atoms with van der Waals surface area (Å²) in [6.07, 6.45) is 5.26. The Morgan fingerprint density at radius 1 is 1.15 bits per heavy atom. The Morgan fingerprint density at radius 2 is 1.80 bits per heavy atom. The maximum Gasteiger partial charge on any atom is 0.224 e. The first-order valence-electron chi connectivity index (χ1n) is 7.85. The largest absolute Gasteiger partial charge is 0.356 e. The fourth-order valence-electron chi connectivity index (χ4n) is 2.68. The lowest BCUT2D eigenvalue weighted by atomic mass is 10.1. The van der Waals surface area contributed by atoms with Crippen LogP contribution in [-0.2, 0) is 17.6 Å². The summed E-state index contributed by atoms with van der Waals surface area (Å²) in [4.78, 5) is 14.3. The lowest BCUT2D eigenvalue weighted by molar-refractivity contribution is -0.120. The summed E-state index contributed by atoms with van der Waals surface area (Å²) in [5.41, 5.74) is 2.42. The number of carbonyl (C=O) groups excluding carboxylic acids is 1. The van der Waals surface area contributed by atoms with Gasteiger partial charge in [-0.15, -0.1) is 0 Å². The molecule has 0 unspecified atom stereocenters. The van der Waals surface area contributed by atoms with Gasteiger partial charge in [-0.1, -0.05) is 31.2 Å². The summed E-state index contributed by atoms with van der Waals surface area (Å²) in [6, 6.07) is 8.33. The van der Waals surface area contributed by atoms with Gasteiger partial charge in [-0.05, 0) is 56.4 Å². The molecule has 1 amide bonds. The van der Waals surface area contributed by atoms with Gasteiger partial charge in [0, 0.05) is 6.54 Å². The van der Waals surface area contributed by atoms with E-state index < -0.39 is 0 Å². The molecule has 0 spiro atoms. The zero-order valence-corrected chi connectivity index (χ0v) is 12.5. The number of likely N-dealkylation sites (tertiary alicyclic amines) is 1. The van der Waals surface area contributed by atoms with Crippen molar-refractivity contribution in [3.05, 3.63) is 35.4 Å². The molecule has 1 saturated heterocycles. The third-order valence-electron chi connectivity index (χ3n) is 3.97. The summed E-state index contributed by atoms with van der Waals surface area (Å²) >= 11 is 0. The molecule has 1 fully saturated rings. The first-order valence-corrected chi connectivity index (χ1v) is 7.85. The van der Waals surface area contributed by atoms with Crippen molar-refractivity contribution in [1.82, 2.24) is 10.2 Å². The van der Waals surface area contributed by atoms with Gasteiger partial charge in [0.15, 0.2) is 0 Å². The Hall–Kier alpha value is -1.35. The van der Waals surface area contributed by atoms with Crippen molar-refractivity contribution < 1.29 is 4.79 Å². The highest BCUT2D eigenvalue weighted by molar-refractivity contribution is 5.78. The van der Waals surface area contributed by atoms with E-state index in [4.69, 9.17) is 0 Å². The molecule has 0 radical (unpaired) electrons. The van der Waals surface area contributed by atoms with Gasteiger partial charge in [0.1, 0.15) is 0 Å². The molecule has 1 N–H and O–H groups in total. The van der Waals surface area contributed by atoms with Crippen LogP contribution in [0.3, 0.4) is 0 Å². The fourth-order valence-corrected chi connectivity index (χ4v) is 2.68. The number of aryl methyl sites for hydroxylation is 1. The van der Waals surface area contributed by atoms with Crippen LogP contribution in [0.1, 0.15) is 37.3 Å². The van der Waals surface area contributed by atoms with E-state index in [1.807, 2.05) is 0 Å². The van der Waals surface area contributed by atoms with Crippen LogP contribution in [0.4, 0.5) is 0 Å². The van der Waals surface area contributed by atoms with Crippen molar-refractivity contribution in [3.8, 4) is 0 Å². The molecule has 0 atom stereocenters. The number of carbonyl (C=O) groups is 1. The smallest absolute Gasteiger partial charge is 0.224 e. The molecule has 3 nitrogen and oxygen atoms in total. The topological polar surface area (TPSA) is 32.3 Å². The predicted octanol–water partition coefficient (Wildman–Crippen LogP) is 2.39. The van der Waals surface area contributed by atoms with E-state index in [9.17, 15) is 4.79 Å². The molecule has 1 heterocycles. The highest BCUT2D eigenvalue weighted by Crippen LogP contribution is 2.07. The van der Waals surface area contributed by atoms with Crippen molar-refractivity contribution >= 4 is 5.91 Å². The number of amides is 1. The normalized spacial score (nSPS) is 15.4. The van der Waals surface area contributed by atoms with Crippen LogP contribution >= 0.6 is 0 Å². The quantitative estimate of drug-likeness (QED) is 0.774. The molecular weight excluding hydrogens is 248 g/mol. The second kappa shape index (κ2) is 8.05. The minimum Gasteiger partial charge on any atom is -0.356 e. The lowest BCUT2D eigenvalue weighted by Crippen LogP contribution is -2.29. The average molecular weight is 274 g/mol. The monoisotopic (exact) mass is 274 g/mol. The Bertz CT molecular complexity index is 408. The summed E-state index contributed by atoms with van der Waals surface area (Å²) in [6.45, 7) is 6.52. The van der Waals surface area contributed by atoms with Crippen LogP contribution in [0, 0.1) is 0 Å². The van der Waals surface area contributed by atoms with E-state index in [2.05, 4.69) is 41.4 Å². The van der Waals surface area contributed by atoms with Gasteiger partial charge in [-0.2, -0.15) is 0 Å². The number of nitrogens with one attached hydrogen (secondary N) is 1. The van der Waals surface area contributed by atoms with Crippen LogP contribution in [0.5, 0.6) is 0 Å². The summed E-state index contributed by atoms with van der Waals surface area (Å²) in [5, 5.41) is 3.02. The molecule has 1 aliphatic rings. The Labute approximate surface area is 122 Å². The number of rotatable bonds is 7. The summed E-state index contributed by atoms with van der Waals surface area (Å²) in [7, 11) is 0.